The molecular weight excluding hydrogens is 216 g/mol. The number of aromatic nitrogens is 4. The molecule has 0 aliphatic carbocycles. The number of fused-ring (bicyclic) bond motifs is 3. The second-order valence-electron chi connectivity index (χ2n) is 3.13. The molecule has 15 heavy (non-hydrogen) atoms. The van der Waals surface area contributed by atoms with Crippen molar-refractivity contribution in [1.29, 1.82) is 0 Å². The minimum atomic E-state index is -0.297. The number of halogens is 1. The van der Waals surface area contributed by atoms with E-state index in [1.165, 1.54) is 10.7 Å². The first-order valence-electron chi connectivity index (χ1n) is 4.27. The summed E-state index contributed by atoms with van der Waals surface area (Å²) in [6.45, 7) is 0. The third-order valence-corrected chi connectivity index (χ3v) is 2.45. The van der Waals surface area contributed by atoms with Gasteiger partial charge in [0, 0.05) is 10.4 Å². The van der Waals surface area contributed by atoms with Gasteiger partial charge in [0.15, 0.2) is 5.65 Å². The van der Waals surface area contributed by atoms with Gasteiger partial charge in [-0.2, -0.15) is 5.10 Å². The summed E-state index contributed by atoms with van der Waals surface area (Å²) in [7, 11) is 0. The molecule has 6 heteroatoms. The van der Waals surface area contributed by atoms with Crippen molar-refractivity contribution in [2.45, 2.75) is 0 Å². The van der Waals surface area contributed by atoms with Gasteiger partial charge in [0.05, 0.1) is 5.52 Å². The van der Waals surface area contributed by atoms with E-state index < -0.39 is 0 Å². The highest BCUT2D eigenvalue weighted by molar-refractivity contribution is 6.31. The first-order chi connectivity index (χ1) is 7.25. The van der Waals surface area contributed by atoms with Crippen molar-refractivity contribution in [3.8, 4) is 0 Å². The van der Waals surface area contributed by atoms with Crippen LogP contribution < -0.4 is 5.69 Å². The fourth-order valence-corrected chi connectivity index (χ4v) is 1.69. The average Bonchev–Trinajstić information content (AvgIpc) is 2.60. The fraction of sp³-hybridized carbons (Fsp3) is 0. The van der Waals surface area contributed by atoms with Crippen molar-refractivity contribution in [3.63, 3.8) is 0 Å². The van der Waals surface area contributed by atoms with Crippen LogP contribution in [-0.2, 0) is 0 Å². The molecule has 3 aromatic rings. The molecule has 0 radical (unpaired) electrons. The Hall–Kier alpha value is -1.88. The first-order valence-corrected chi connectivity index (χ1v) is 4.64. The largest absolute Gasteiger partial charge is 0.348 e. The summed E-state index contributed by atoms with van der Waals surface area (Å²) in [6.07, 6.45) is 1.43. The highest BCUT2D eigenvalue weighted by atomic mass is 35.5. The van der Waals surface area contributed by atoms with E-state index in [9.17, 15) is 4.79 Å². The summed E-state index contributed by atoms with van der Waals surface area (Å²) in [6, 6.07) is 5.26. The summed E-state index contributed by atoms with van der Waals surface area (Å²) in [5.41, 5.74) is 0.977. The van der Waals surface area contributed by atoms with Gasteiger partial charge in [-0.1, -0.05) is 11.6 Å². The molecule has 74 valence electrons. The second kappa shape index (κ2) is 2.80. The van der Waals surface area contributed by atoms with Crippen LogP contribution in [-0.4, -0.2) is 19.6 Å². The van der Waals surface area contributed by atoms with Crippen LogP contribution in [0.1, 0.15) is 0 Å². The van der Waals surface area contributed by atoms with Gasteiger partial charge in [0.2, 0.25) is 0 Å². The normalized spacial score (nSPS) is 11.3. The predicted octanol–water partition coefficient (Wildman–Crippen LogP) is 1.22. The molecule has 0 amide bonds. The van der Waals surface area contributed by atoms with E-state index in [0.717, 1.165) is 5.39 Å². The lowest BCUT2D eigenvalue weighted by Crippen LogP contribution is -2.09. The zero-order valence-corrected chi connectivity index (χ0v) is 8.19. The lowest BCUT2D eigenvalue weighted by molar-refractivity contribution is 1.00. The maximum atomic E-state index is 11.3. The molecule has 0 saturated carbocycles. The highest BCUT2D eigenvalue weighted by Crippen LogP contribution is 2.19. The third kappa shape index (κ3) is 1.13. The van der Waals surface area contributed by atoms with Crippen LogP contribution in [0, 0.1) is 0 Å². The minimum absolute atomic E-state index is 0.297. The Bertz CT molecular complexity index is 715. The molecule has 0 unspecified atom stereocenters. The Kier molecular flexibility index (Phi) is 1.58. The van der Waals surface area contributed by atoms with Crippen LogP contribution in [0.5, 0.6) is 0 Å². The van der Waals surface area contributed by atoms with Crippen LogP contribution in [0.4, 0.5) is 0 Å². The molecule has 2 aromatic heterocycles. The van der Waals surface area contributed by atoms with Crippen molar-refractivity contribution >= 4 is 28.2 Å². The van der Waals surface area contributed by atoms with Gasteiger partial charge in [0.1, 0.15) is 6.33 Å². The molecule has 0 bridgehead atoms. The highest BCUT2D eigenvalue weighted by Gasteiger charge is 2.05. The number of rotatable bonds is 0. The van der Waals surface area contributed by atoms with Crippen molar-refractivity contribution < 1.29 is 0 Å². The summed E-state index contributed by atoms with van der Waals surface area (Å²) in [4.78, 5) is 15.4. The summed E-state index contributed by atoms with van der Waals surface area (Å²) in [5.74, 6) is 0. The Morgan fingerprint density at radius 3 is 3.13 bits per heavy atom. The van der Waals surface area contributed by atoms with E-state index in [2.05, 4.69) is 15.2 Å². The van der Waals surface area contributed by atoms with Gasteiger partial charge in [-0.15, -0.1) is 0 Å². The summed E-state index contributed by atoms with van der Waals surface area (Å²) in [5, 5.41) is 7.69. The van der Waals surface area contributed by atoms with Crippen LogP contribution in [0.2, 0.25) is 5.02 Å². The van der Waals surface area contributed by atoms with E-state index in [1.54, 1.807) is 18.2 Å². The smallest absolute Gasteiger partial charge is 0.246 e. The molecule has 0 aliphatic rings. The molecule has 0 aliphatic heterocycles. The zero-order chi connectivity index (χ0) is 10.4. The number of nitrogens with one attached hydrogen (secondary N) is 1. The van der Waals surface area contributed by atoms with E-state index in [0.29, 0.717) is 16.2 Å². The predicted molar refractivity (Wildman–Crippen MR) is 56.1 cm³/mol. The lowest BCUT2D eigenvalue weighted by atomic mass is 10.2. The maximum absolute atomic E-state index is 11.3. The Morgan fingerprint density at radius 1 is 1.40 bits per heavy atom. The van der Waals surface area contributed by atoms with Gasteiger partial charge >= 0.3 is 5.69 Å². The summed E-state index contributed by atoms with van der Waals surface area (Å²) >= 11 is 5.84. The molecule has 0 atom stereocenters. The van der Waals surface area contributed by atoms with Gasteiger partial charge in [-0.05, 0) is 18.2 Å². The lowest BCUT2D eigenvalue weighted by Gasteiger charge is -1.98. The minimum Gasteiger partial charge on any atom is -0.246 e. The number of nitrogens with zero attached hydrogens (tertiary/aromatic N) is 3. The van der Waals surface area contributed by atoms with E-state index in [1.807, 2.05) is 0 Å². The number of aromatic amines is 1. The number of hydrogen-bond donors (Lipinski definition) is 1. The monoisotopic (exact) mass is 220 g/mol. The maximum Gasteiger partial charge on any atom is 0.348 e. The van der Waals surface area contributed by atoms with E-state index in [4.69, 9.17) is 11.6 Å². The van der Waals surface area contributed by atoms with Crippen molar-refractivity contribution in [3.05, 3.63) is 40.0 Å². The Balaban J connectivity index is 2.60. The number of benzene rings is 1. The van der Waals surface area contributed by atoms with E-state index >= 15 is 0 Å². The average molecular weight is 221 g/mol. The van der Waals surface area contributed by atoms with Crippen molar-refractivity contribution in [1.82, 2.24) is 19.6 Å². The molecule has 5 nitrogen and oxygen atoms in total. The Labute approximate surface area is 88.3 Å². The molecule has 3 rings (SSSR count). The molecular formula is C9H5ClN4O. The van der Waals surface area contributed by atoms with Gasteiger partial charge in [-0.25, -0.2) is 19.3 Å². The summed E-state index contributed by atoms with van der Waals surface area (Å²) < 4.78 is 1.36. The SMILES string of the molecule is O=c1[nH]nc2c3ccc(Cl)cc3ncn12. The number of hydrogen-bond acceptors (Lipinski definition) is 3. The molecule has 2 heterocycles. The zero-order valence-electron chi connectivity index (χ0n) is 7.44. The molecule has 0 fully saturated rings. The third-order valence-electron chi connectivity index (χ3n) is 2.22. The number of H-pyrrole nitrogens is 1. The van der Waals surface area contributed by atoms with Crippen molar-refractivity contribution in [2.24, 2.45) is 0 Å². The van der Waals surface area contributed by atoms with Gasteiger partial charge < -0.3 is 0 Å². The molecule has 0 saturated heterocycles. The first kappa shape index (κ1) is 8.43. The molecule has 1 N–H and O–H groups in total. The standard InChI is InChI=1S/C9H5ClN4O/c10-5-1-2-6-7(3-5)11-4-14-8(6)12-13-9(14)15/h1-4H,(H,13,15). The van der Waals surface area contributed by atoms with Gasteiger partial charge in [-0.3, -0.25) is 0 Å². The molecule has 0 spiro atoms. The quantitative estimate of drug-likeness (QED) is 0.620. The van der Waals surface area contributed by atoms with Crippen molar-refractivity contribution in [2.75, 3.05) is 0 Å². The van der Waals surface area contributed by atoms with Crippen LogP contribution in [0.25, 0.3) is 16.6 Å². The van der Waals surface area contributed by atoms with Crippen LogP contribution >= 0.6 is 11.6 Å². The topological polar surface area (TPSA) is 63.0 Å². The van der Waals surface area contributed by atoms with Crippen LogP contribution in [0.3, 0.4) is 0 Å². The van der Waals surface area contributed by atoms with Crippen LogP contribution in [0.15, 0.2) is 29.3 Å². The van der Waals surface area contributed by atoms with Gasteiger partial charge in [0.25, 0.3) is 0 Å². The Morgan fingerprint density at radius 2 is 2.27 bits per heavy atom. The van der Waals surface area contributed by atoms with E-state index in [-0.39, 0.29) is 5.69 Å². The second-order valence-corrected chi connectivity index (χ2v) is 3.56. The molecule has 1 aromatic carbocycles. The fourth-order valence-electron chi connectivity index (χ4n) is 1.52.